The summed E-state index contributed by atoms with van der Waals surface area (Å²) in [6, 6.07) is 5.75. The molecule has 2 rings (SSSR count). The third-order valence-corrected chi connectivity index (χ3v) is 2.89. The summed E-state index contributed by atoms with van der Waals surface area (Å²) in [4.78, 5) is 11.3. The van der Waals surface area contributed by atoms with Gasteiger partial charge in [-0.3, -0.25) is 0 Å². The van der Waals surface area contributed by atoms with Gasteiger partial charge in [-0.2, -0.15) is 0 Å². The molecule has 0 fully saturated rings. The first kappa shape index (κ1) is 11.2. The Morgan fingerprint density at radius 3 is 3.19 bits per heavy atom. The smallest absolute Gasteiger partial charge is 0.331 e. The number of hydrogen-bond donors (Lipinski definition) is 0. The van der Waals surface area contributed by atoms with Gasteiger partial charge in [-0.1, -0.05) is 12.1 Å². The Labute approximate surface area is 102 Å². The summed E-state index contributed by atoms with van der Waals surface area (Å²) in [6.45, 7) is 2.58. The van der Waals surface area contributed by atoms with E-state index in [0.717, 1.165) is 21.4 Å². The normalized spacial score (nSPS) is 15.8. The summed E-state index contributed by atoms with van der Waals surface area (Å²) in [5.41, 5.74) is 1.80. The van der Waals surface area contributed by atoms with Gasteiger partial charge in [0.25, 0.3) is 0 Å². The van der Waals surface area contributed by atoms with E-state index in [9.17, 15) is 4.79 Å². The van der Waals surface area contributed by atoms with Crippen molar-refractivity contribution in [3.8, 4) is 5.75 Å². The van der Waals surface area contributed by atoms with Crippen LogP contribution in [0.3, 0.4) is 0 Å². The van der Waals surface area contributed by atoms with E-state index in [1.807, 2.05) is 18.2 Å². The fourth-order valence-electron chi connectivity index (χ4n) is 1.58. The quantitative estimate of drug-likeness (QED) is 0.618. The summed E-state index contributed by atoms with van der Waals surface area (Å²) >= 11 is 3.40. The van der Waals surface area contributed by atoms with Gasteiger partial charge in [0, 0.05) is 17.2 Å². The summed E-state index contributed by atoms with van der Waals surface area (Å²) in [5, 5.41) is 0. The fourth-order valence-corrected chi connectivity index (χ4v) is 2.06. The molecule has 0 aromatic heterocycles. The molecule has 0 radical (unpaired) electrons. The lowest BCUT2D eigenvalue weighted by atomic mass is 10.1. The second-order valence-electron chi connectivity index (χ2n) is 3.33. The van der Waals surface area contributed by atoms with Crippen LogP contribution in [0.2, 0.25) is 0 Å². The molecule has 0 saturated carbocycles. The average molecular weight is 283 g/mol. The van der Waals surface area contributed by atoms with Crippen LogP contribution in [0.5, 0.6) is 5.75 Å². The Balaban J connectivity index is 2.30. The van der Waals surface area contributed by atoms with E-state index in [0.29, 0.717) is 13.2 Å². The zero-order valence-electron chi connectivity index (χ0n) is 8.83. The van der Waals surface area contributed by atoms with Crippen molar-refractivity contribution < 1.29 is 14.3 Å². The molecule has 0 saturated heterocycles. The zero-order valence-corrected chi connectivity index (χ0v) is 10.4. The second-order valence-corrected chi connectivity index (χ2v) is 4.18. The topological polar surface area (TPSA) is 35.5 Å². The van der Waals surface area contributed by atoms with Gasteiger partial charge in [0.2, 0.25) is 0 Å². The molecule has 0 unspecified atom stereocenters. The highest BCUT2D eigenvalue weighted by atomic mass is 79.9. The molecule has 1 aliphatic rings. The van der Waals surface area contributed by atoms with Gasteiger partial charge in [0.15, 0.2) is 0 Å². The van der Waals surface area contributed by atoms with Crippen LogP contribution >= 0.6 is 15.9 Å². The van der Waals surface area contributed by atoms with Crippen molar-refractivity contribution in [1.29, 1.82) is 0 Å². The van der Waals surface area contributed by atoms with Gasteiger partial charge in [0.05, 0.1) is 11.1 Å². The molecule has 3 nitrogen and oxygen atoms in total. The van der Waals surface area contributed by atoms with Crippen LogP contribution in [0.4, 0.5) is 0 Å². The van der Waals surface area contributed by atoms with Gasteiger partial charge in [-0.05, 0) is 28.9 Å². The number of esters is 1. The van der Waals surface area contributed by atoms with Crippen LogP contribution in [0, 0.1) is 0 Å². The number of benzene rings is 1. The molecule has 0 N–H and O–H groups in total. The van der Waals surface area contributed by atoms with Crippen LogP contribution in [-0.2, 0) is 9.53 Å². The van der Waals surface area contributed by atoms with Gasteiger partial charge in [-0.25, -0.2) is 4.79 Å². The van der Waals surface area contributed by atoms with Crippen LogP contribution in [0.15, 0.2) is 28.7 Å². The van der Waals surface area contributed by atoms with Crippen LogP contribution in [0.25, 0.3) is 5.57 Å². The number of hydrogen-bond acceptors (Lipinski definition) is 3. The van der Waals surface area contributed by atoms with Crippen molar-refractivity contribution in [2.45, 2.75) is 6.92 Å². The highest BCUT2D eigenvalue weighted by Gasteiger charge is 2.20. The van der Waals surface area contributed by atoms with Crippen LogP contribution in [0.1, 0.15) is 12.5 Å². The minimum Gasteiger partial charge on any atom is -0.487 e. The number of ether oxygens (including phenoxy) is 2. The molecular weight excluding hydrogens is 272 g/mol. The SMILES string of the molecule is CCOC(=O)/C=C1\COc2c(Br)cccc21. The first-order valence-corrected chi connectivity index (χ1v) is 5.80. The lowest BCUT2D eigenvalue weighted by Crippen LogP contribution is -2.01. The van der Waals surface area contributed by atoms with E-state index >= 15 is 0 Å². The summed E-state index contributed by atoms with van der Waals surface area (Å²) in [6.07, 6.45) is 1.49. The number of halogens is 1. The number of para-hydroxylation sites is 1. The molecule has 0 amide bonds. The lowest BCUT2D eigenvalue weighted by molar-refractivity contribution is -0.137. The predicted molar refractivity (Wildman–Crippen MR) is 64.2 cm³/mol. The van der Waals surface area contributed by atoms with E-state index < -0.39 is 0 Å². The molecule has 1 aromatic rings. The largest absolute Gasteiger partial charge is 0.487 e. The highest BCUT2D eigenvalue weighted by Crippen LogP contribution is 2.38. The summed E-state index contributed by atoms with van der Waals surface area (Å²) in [5.74, 6) is 0.465. The minimum absolute atomic E-state index is 0.325. The molecule has 1 heterocycles. The average Bonchev–Trinajstić information content (AvgIpc) is 2.64. The third kappa shape index (κ3) is 2.11. The maximum absolute atomic E-state index is 11.3. The van der Waals surface area contributed by atoms with Crippen molar-refractivity contribution in [3.05, 3.63) is 34.3 Å². The Bertz CT molecular complexity index is 452. The number of fused-ring (bicyclic) bond motifs is 1. The van der Waals surface area contributed by atoms with Crippen molar-refractivity contribution in [1.82, 2.24) is 0 Å². The molecule has 0 atom stereocenters. The van der Waals surface area contributed by atoms with Gasteiger partial charge >= 0.3 is 5.97 Å². The predicted octanol–water partition coefficient (Wildman–Crippen LogP) is 2.79. The van der Waals surface area contributed by atoms with E-state index in [2.05, 4.69) is 15.9 Å². The Morgan fingerprint density at radius 2 is 2.44 bits per heavy atom. The van der Waals surface area contributed by atoms with Crippen molar-refractivity contribution in [2.75, 3.05) is 13.2 Å². The lowest BCUT2D eigenvalue weighted by Gasteiger charge is -1.99. The Kier molecular flexibility index (Phi) is 3.29. The third-order valence-electron chi connectivity index (χ3n) is 2.26. The standard InChI is InChI=1S/C12H11BrO3/c1-2-15-11(14)6-8-7-16-12-9(8)4-3-5-10(12)13/h3-6H,2,7H2,1H3/b8-6+. The number of carbonyl (C=O) groups excluding carboxylic acids is 1. The molecule has 1 aromatic carbocycles. The zero-order chi connectivity index (χ0) is 11.5. The van der Waals surface area contributed by atoms with Crippen LogP contribution < -0.4 is 4.74 Å². The summed E-state index contributed by atoms with van der Waals surface area (Å²) < 4.78 is 11.3. The second kappa shape index (κ2) is 4.70. The first-order valence-electron chi connectivity index (χ1n) is 5.01. The molecule has 84 valence electrons. The molecule has 1 aliphatic heterocycles. The maximum atomic E-state index is 11.3. The molecular formula is C12H11BrO3. The van der Waals surface area contributed by atoms with Gasteiger partial charge < -0.3 is 9.47 Å². The molecule has 16 heavy (non-hydrogen) atoms. The van der Waals surface area contributed by atoms with Crippen molar-refractivity contribution >= 4 is 27.5 Å². The van der Waals surface area contributed by atoms with Crippen LogP contribution in [-0.4, -0.2) is 19.2 Å². The van der Waals surface area contributed by atoms with E-state index in [-0.39, 0.29) is 5.97 Å². The Hall–Kier alpha value is -1.29. The monoisotopic (exact) mass is 282 g/mol. The summed E-state index contributed by atoms with van der Waals surface area (Å²) in [7, 11) is 0. The molecule has 0 spiro atoms. The van der Waals surface area contributed by atoms with Gasteiger partial charge in [-0.15, -0.1) is 0 Å². The highest BCUT2D eigenvalue weighted by molar-refractivity contribution is 9.10. The fraction of sp³-hybridized carbons (Fsp3) is 0.250. The van der Waals surface area contributed by atoms with E-state index in [1.165, 1.54) is 6.08 Å². The Morgan fingerprint density at radius 1 is 1.62 bits per heavy atom. The maximum Gasteiger partial charge on any atom is 0.331 e. The van der Waals surface area contributed by atoms with Crippen molar-refractivity contribution in [2.24, 2.45) is 0 Å². The number of carbonyl (C=O) groups is 1. The first-order chi connectivity index (χ1) is 7.72. The van der Waals surface area contributed by atoms with E-state index in [4.69, 9.17) is 9.47 Å². The van der Waals surface area contributed by atoms with Crippen molar-refractivity contribution in [3.63, 3.8) is 0 Å². The molecule has 4 heteroatoms. The number of rotatable bonds is 2. The molecule has 0 bridgehead atoms. The molecule has 0 aliphatic carbocycles. The van der Waals surface area contributed by atoms with E-state index in [1.54, 1.807) is 6.92 Å². The minimum atomic E-state index is -0.325. The van der Waals surface area contributed by atoms with Gasteiger partial charge in [0.1, 0.15) is 12.4 Å².